The van der Waals surface area contributed by atoms with Crippen molar-refractivity contribution in [2.75, 3.05) is 0 Å². The minimum Gasteiger partial charge on any atom is -0.0779 e. The smallest absolute Gasteiger partial charge is 0.0779 e. The Bertz CT molecular complexity index is 447. The fourth-order valence-corrected chi connectivity index (χ4v) is 4.83. The molecule has 2 rings (SSSR count). The van der Waals surface area contributed by atoms with Gasteiger partial charge in [-0.05, 0) is 20.3 Å². The number of aryl methyl sites for hydroxylation is 1. The van der Waals surface area contributed by atoms with E-state index in [0.29, 0.717) is 0 Å². The minimum absolute atomic E-state index is 1.17. The Kier molecular flexibility index (Phi) is 2.89. The van der Waals surface area contributed by atoms with Crippen LogP contribution < -0.4 is 5.19 Å². The zero-order chi connectivity index (χ0) is 11.8. The molecule has 0 nitrogen and oxygen atoms in total. The molecule has 0 radical (unpaired) electrons. The molecule has 0 fully saturated rings. The van der Waals surface area contributed by atoms with Gasteiger partial charge in [0.2, 0.25) is 0 Å². The molecule has 1 aromatic carbocycles. The molecule has 0 aromatic heterocycles. The van der Waals surface area contributed by atoms with Crippen LogP contribution in [0.3, 0.4) is 0 Å². The molecule has 0 saturated heterocycles. The molecule has 1 aliphatic carbocycles. The molecule has 1 aliphatic rings. The molecule has 0 unspecified atom stereocenters. The highest BCUT2D eigenvalue weighted by Crippen LogP contribution is 2.26. The van der Waals surface area contributed by atoms with E-state index in [1.165, 1.54) is 17.6 Å². The van der Waals surface area contributed by atoms with Crippen molar-refractivity contribution in [2.24, 2.45) is 0 Å². The number of allylic oxidation sites excluding steroid dienone is 4. The molecule has 0 bridgehead atoms. The van der Waals surface area contributed by atoms with Crippen molar-refractivity contribution in [1.82, 2.24) is 0 Å². The van der Waals surface area contributed by atoms with E-state index in [9.17, 15) is 0 Å². The third-order valence-electron chi connectivity index (χ3n) is 3.62. The van der Waals surface area contributed by atoms with Crippen molar-refractivity contribution < 1.29 is 0 Å². The van der Waals surface area contributed by atoms with Gasteiger partial charge < -0.3 is 0 Å². The zero-order valence-corrected chi connectivity index (χ0v) is 11.7. The highest BCUT2D eigenvalue weighted by atomic mass is 28.3. The molecule has 0 atom stereocenters. The lowest BCUT2D eigenvalue weighted by atomic mass is 10.2. The molecule has 0 saturated carbocycles. The first-order valence-corrected chi connectivity index (χ1v) is 8.95. The van der Waals surface area contributed by atoms with Crippen molar-refractivity contribution in [3.05, 3.63) is 52.8 Å². The van der Waals surface area contributed by atoms with E-state index >= 15 is 0 Å². The van der Waals surface area contributed by atoms with Crippen LogP contribution in [0.15, 0.2) is 47.2 Å². The molecular weight excluding hydrogens is 208 g/mol. The fraction of sp³-hybridized carbons (Fsp3) is 0.333. The van der Waals surface area contributed by atoms with E-state index in [-0.39, 0.29) is 0 Å². The summed E-state index contributed by atoms with van der Waals surface area (Å²) in [7, 11) is -1.40. The third-order valence-corrected chi connectivity index (χ3v) is 7.35. The average Bonchev–Trinajstić information content (AvgIpc) is 2.66. The minimum atomic E-state index is -1.40. The maximum atomic E-state index is 2.45. The second-order valence-corrected chi connectivity index (χ2v) is 9.78. The monoisotopic (exact) mass is 228 g/mol. The Balaban J connectivity index is 2.32. The van der Waals surface area contributed by atoms with E-state index in [1.807, 2.05) is 0 Å². The van der Waals surface area contributed by atoms with Crippen LogP contribution in [0.5, 0.6) is 0 Å². The van der Waals surface area contributed by atoms with Crippen LogP contribution in [0.1, 0.15) is 18.9 Å². The number of rotatable bonds is 2. The van der Waals surface area contributed by atoms with Crippen LogP contribution in [-0.4, -0.2) is 8.07 Å². The highest BCUT2D eigenvalue weighted by Gasteiger charge is 2.28. The summed E-state index contributed by atoms with van der Waals surface area (Å²) in [6, 6.07) is 9.10. The van der Waals surface area contributed by atoms with Crippen LogP contribution in [0.4, 0.5) is 0 Å². The van der Waals surface area contributed by atoms with Gasteiger partial charge in [0, 0.05) is 0 Å². The summed E-state index contributed by atoms with van der Waals surface area (Å²) in [6.45, 7) is 9.26. The van der Waals surface area contributed by atoms with Gasteiger partial charge in [0.05, 0.1) is 0 Å². The second-order valence-electron chi connectivity index (χ2n) is 5.31. The summed E-state index contributed by atoms with van der Waals surface area (Å²) in [4.78, 5) is 0. The van der Waals surface area contributed by atoms with Gasteiger partial charge in [-0.25, -0.2) is 0 Å². The summed E-state index contributed by atoms with van der Waals surface area (Å²) >= 11 is 0. The third kappa shape index (κ3) is 2.05. The van der Waals surface area contributed by atoms with Crippen molar-refractivity contribution in [3.63, 3.8) is 0 Å². The summed E-state index contributed by atoms with van der Waals surface area (Å²) in [5.41, 5.74) is 2.78. The SMILES string of the molecule is CC1=CCC([Si](C)(C)c2ccc(C)cc2)=C1. The number of benzene rings is 1. The van der Waals surface area contributed by atoms with Gasteiger partial charge in [-0.1, -0.05) is 71.0 Å². The fourth-order valence-electron chi connectivity index (χ4n) is 2.25. The Morgan fingerprint density at radius 3 is 2.12 bits per heavy atom. The average molecular weight is 228 g/mol. The van der Waals surface area contributed by atoms with E-state index in [4.69, 9.17) is 0 Å². The predicted octanol–water partition coefficient (Wildman–Crippen LogP) is 3.73. The molecule has 0 aliphatic heterocycles. The largest absolute Gasteiger partial charge is 0.107 e. The van der Waals surface area contributed by atoms with E-state index in [1.54, 1.807) is 10.4 Å². The van der Waals surface area contributed by atoms with Crippen molar-refractivity contribution in [2.45, 2.75) is 33.4 Å². The summed E-state index contributed by atoms with van der Waals surface area (Å²) in [5.74, 6) is 0. The zero-order valence-electron chi connectivity index (χ0n) is 10.7. The van der Waals surface area contributed by atoms with Crippen molar-refractivity contribution in [1.29, 1.82) is 0 Å². The van der Waals surface area contributed by atoms with Crippen LogP contribution >= 0.6 is 0 Å². The molecule has 1 heteroatoms. The first-order valence-electron chi connectivity index (χ1n) is 5.95. The lowest BCUT2D eigenvalue weighted by Crippen LogP contribution is -2.43. The van der Waals surface area contributed by atoms with Crippen LogP contribution in [0, 0.1) is 6.92 Å². The highest BCUT2D eigenvalue weighted by molar-refractivity contribution is 6.95. The quantitative estimate of drug-likeness (QED) is 0.677. The Labute approximate surface area is 99.7 Å². The van der Waals surface area contributed by atoms with E-state index in [0.717, 1.165) is 0 Å². The number of hydrogen-bond donors (Lipinski definition) is 0. The van der Waals surface area contributed by atoms with Gasteiger partial charge in [0.1, 0.15) is 8.07 Å². The van der Waals surface area contributed by atoms with Crippen LogP contribution in [-0.2, 0) is 0 Å². The maximum Gasteiger partial charge on any atom is 0.107 e. The Hall–Kier alpha value is -1.08. The van der Waals surface area contributed by atoms with Crippen LogP contribution in [0.25, 0.3) is 0 Å². The molecular formula is C15H20Si. The maximum absolute atomic E-state index is 2.45. The van der Waals surface area contributed by atoms with Gasteiger partial charge in [-0.3, -0.25) is 0 Å². The second kappa shape index (κ2) is 4.06. The lowest BCUT2D eigenvalue weighted by molar-refractivity contribution is 1.35. The topological polar surface area (TPSA) is 0 Å². The molecule has 0 N–H and O–H groups in total. The molecule has 16 heavy (non-hydrogen) atoms. The van der Waals surface area contributed by atoms with E-state index in [2.05, 4.69) is 63.4 Å². The lowest BCUT2D eigenvalue weighted by Gasteiger charge is -2.25. The first-order chi connectivity index (χ1) is 7.50. The molecule has 0 heterocycles. The predicted molar refractivity (Wildman–Crippen MR) is 74.8 cm³/mol. The van der Waals surface area contributed by atoms with Crippen LogP contribution in [0.2, 0.25) is 13.1 Å². The van der Waals surface area contributed by atoms with Crippen molar-refractivity contribution >= 4 is 13.3 Å². The standard InChI is InChI=1S/C15H20Si/c1-12-5-8-14(9-6-12)16(3,4)15-10-7-13(2)11-15/h5-9,11H,10H2,1-4H3. The Morgan fingerprint density at radius 1 is 1.00 bits per heavy atom. The molecule has 0 amide bonds. The summed E-state index contributed by atoms with van der Waals surface area (Å²) in [6.07, 6.45) is 5.91. The van der Waals surface area contributed by atoms with Gasteiger partial charge in [0.25, 0.3) is 0 Å². The number of hydrogen-bond acceptors (Lipinski definition) is 0. The first kappa shape index (κ1) is 11.4. The van der Waals surface area contributed by atoms with Gasteiger partial charge >= 0.3 is 0 Å². The summed E-state index contributed by atoms with van der Waals surface area (Å²) in [5, 5.41) is 3.21. The molecule has 0 spiro atoms. The Morgan fingerprint density at radius 2 is 1.62 bits per heavy atom. The molecule has 84 valence electrons. The summed E-state index contributed by atoms with van der Waals surface area (Å²) < 4.78 is 0. The van der Waals surface area contributed by atoms with Gasteiger partial charge in [0.15, 0.2) is 0 Å². The van der Waals surface area contributed by atoms with Gasteiger partial charge in [-0.15, -0.1) is 0 Å². The molecule has 1 aromatic rings. The van der Waals surface area contributed by atoms with E-state index < -0.39 is 8.07 Å². The van der Waals surface area contributed by atoms with Crippen molar-refractivity contribution in [3.8, 4) is 0 Å². The normalized spacial score (nSPS) is 16.0. The van der Waals surface area contributed by atoms with Gasteiger partial charge in [-0.2, -0.15) is 0 Å².